The minimum Gasteiger partial charge on any atom is -0.324 e. The number of amides is 1. The number of nitrogens with one attached hydrogen (secondary N) is 2. The van der Waals surface area contributed by atoms with Crippen molar-refractivity contribution in [3.05, 3.63) is 29.8 Å². The first-order valence-corrected chi connectivity index (χ1v) is 8.35. The molecule has 3 heteroatoms. The lowest BCUT2D eigenvalue weighted by Gasteiger charge is -2.30. The Kier molecular flexibility index (Phi) is 4.29. The average molecular weight is 286 g/mol. The van der Waals surface area contributed by atoms with Gasteiger partial charge in [-0.1, -0.05) is 38.0 Å². The molecule has 114 valence electrons. The quantitative estimate of drug-likeness (QED) is 0.889. The minimum absolute atomic E-state index is 0.0542. The third kappa shape index (κ3) is 3.13. The minimum atomic E-state index is -0.0542. The Balaban J connectivity index is 1.63. The molecule has 3 nitrogen and oxygen atoms in total. The van der Waals surface area contributed by atoms with Crippen LogP contribution in [0.25, 0.3) is 0 Å². The van der Waals surface area contributed by atoms with Crippen LogP contribution in [0.3, 0.4) is 0 Å². The second kappa shape index (κ2) is 6.18. The van der Waals surface area contributed by atoms with Crippen LogP contribution in [0, 0.1) is 5.41 Å². The van der Waals surface area contributed by atoms with Gasteiger partial charge in [-0.2, -0.15) is 0 Å². The zero-order valence-corrected chi connectivity index (χ0v) is 13.0. The molecule has 1 heterocycles. The van der Waals surface area contributed by atoms with Crippen molar-refractivity contribution in [2.75, 3.05) is 11.9 Å². The van der Waals surface area contributed by atoms with E-state index in [9.17, 15) is 4.79 Å². The lowest BCUT2D eigenvalue weighted by atomic mass is 9.83. The summed E-state index contributed by atoms with van der Waals surface area (Å²) >= 11 is 0. The van der Waals surface area contributed by atoms with E-state index in [1.54, 1.807) is 0 Å². The van der Waals surface area contributed by atoms with Gasteiger partial charge in [-0.3, -0.25) is 4.79 Å². The smallest absolute Gasteiger partial charge is 0.241 e. The van der Waals surface area contributed by atoms with Crippen LogP contribution in [0.4, 0.5) is 5.69 Å². The number of fused-ring (bicyclic) bond motifs is 1. The van der Waals surface area contributed by atoms with Crippen molar-refractivity contribution in [3.8, 4) is 0 Å². The molecule has 2 aliphatic rings. The van der Waals surface area contributed by atoms with E-state index in [1.807, 2.05) is 18.2 Å². The zero-order valence-electron chi connectivity index (χ0n) is 13.0. The van der Waals surface area contributed by atoms with Crippen LogP contribution < -0.4 is 10.6 Å². The second-order valence-electron chi connectivity index (χ2n) is 6.68. The molecule has 1 aliphatic heterocycles. The molecule has 1 aliphatic carbocycles. The molecule has 3 rings (SSSR count). The van der Waals surface area contributed by atoms with Gasteiger partial charge in [0, 0.05) is 12.2 Å². The van der Waals surface area contributed by atoms with Gasteiger partial charge in [0.15, 0.2) is 0 Å². The highest BCUT2D eigenvalue weighted by atomic mass is 16.2. The van der Waals surface area contributed by atoms with Crippen molar-refractivity contribution in [1.82, 2.24) is 5.32 Å². The Morgan fingerprint density at radius 1 is 1.29 bits per heavy atom. The highest BCUT2D eigenvalue weighted by Gasteiger charge is 2.33. The van der Waals surface area contributed by atoms with E-state index < -0.39 is 0 Å². The summed E-state index contributed by atoms with van der Waals surface area (Å²) in [5, 5.41) is 6.64. The number of hydrogen-bond donors (Lipinski definition) is 2. The van der Waals surface area contributed by atoms with Gasteiger partial charge in [-0.05, 0) is 49.1 Å². The largest absolute Gasteiger partial charge is 0.324 e. The first-order chi connectivity index (χ1) is 10.2. The molecule has 1 atom stereocenters. The monoisotopic (exact) mass is 286 g/mol. The zero-order chi connectivity index (χ0) is 14.7. The maximum atomic E-state index is 12.4. The molecule has 2 N–H and O–H groups in total. The molecule has 1 fully saturated rings. The number of rotatable bonds is 4. The summed E-state index contributed by atoms with van der Waals surface area (Å²) < 4.78 is 0. The lowest BCUT2D eigenvalue weighted by molar-refractivity contribution is -0.118. The van der Waals surface area contributed by atoms with E-state index in [0.717, 1.165) is 25.1 Å². The van der Waals surface area contributed by atoms with Gasteiger partial charge >= 0.3 is 0 Å². The summed E-state index contributed by atoms with van der Waals surface area (Å²) in [4.78, 5) is 12.4. The van der Waals surface area contributed by atoms with Crippen LogP contribution in [-0.4, -0.2) is 18.5 Å². The van der Waals surface area contributed by atoms with Crippen molar-refractivity contribution in [2.24, 2.45) is 5.41 Å². The molecule has 1 aromatic carbocycles. The number of benzene rings is 1. The fourth-order valence-electron chi connectivity index (χ4n) is 3.83. The lowest BCUT2D eigenvalue weighted by Crippen LogP contribution is -2.44. The Hall–Kier alpha value is -1.35. The van der Waals surface area contributed by atoms with Crippen LogP contribution in [0.2, 0.25) is 0 Å². The molecule has 1 unspecified atom stereocenters. The summed E-state index contributed by atoms with van der Waals surface area (Å²) in [7, 11) is 0. The summed E-state index contributed by atoms with van der Waals surface area (Å²) in [6, 6.07) is 8.09. The van der Waals surface area contributed by atoms with E-state index in [2.05, 4.69) is 23.6 Å². The average Bonchev–Trinajstić information content (AvgIpc) is 2.91. The molecule has 0 bridgehead atoms. The Morgan fingerprint density at radius 3 is 2.81 bits per heavy atom. The Bertz CT molecular complexity index is 506. The van der Waals surface area contributed by atoms with Crippen LogP contribution in [-0.2, 0) is 11.2 Å². The van der Waals surface area contributed by atoms with Crippen molar-refractivity contribution < 1.29 is 4.79 Å². The van der Waals surface area contributed by atoms with Crippen molar-refractivity contribution in [3.63, 3.8) is 0 Å². The standard InChI is InChI=1S/C18H26N2O/c1-2-18(11-5-6-12-18)13-19-16-10-9-14-7-3-4-8-15(14)20-17(16)21/h3-4,7-8,16,19H,2,5-6,9-13H2,1H3,(H,20,21). The van der Waals surface area contributed by atoms with Crippen molar-refractivity contribution >= 4 is 11.6 Å². The van der Waals surface area contributed by atoms with E-state index in [0.29, 0.717) is 5.41 Å². The third-order valence-electron chi connectivity index (χ3n) is 5.43. The van der Waals surface area contributed by atoms with Gasteiger partial charge < -0.3 is 10.6 Å². The van der Waals surface area contributed by atoms with Crippen molar-refractivity contribution in [1.29, 1.82) is 0 Å². The van der Waals surface area contributed by atoms with Gasteiger partial charge in [0.25, 0.3) is 0 Å². The summed E-state index contributed by atoms with van der Waals surface area (Å²) in [6.45, 7) is 3.27. The van der Waals surface area contributed by atoms with Gasteiger partial charge in [0.2, 0.25) is 5.91 Å². The molecular weight excluding hydrogens is 260 g/mol. The number of anilines is 1. The Morgan fingerprint density at radius 2 is 2.05 bits per heavy atom. The van der Waals surface area contributed by atoms with E-state index in [1.165, 1.54) is 37.7 Å². The summed E-state index contributed by atoms with van der Waals surface area (Å²) in [5.74, 6) is 0.129. The molecule has 21 heavy (non-hydrogen) atoms. The summed E-state index contributed by atoms with van der Waals surface area (Å²) in [5.41, 5.74) is 2.67. The van der Waals surface area contributed by atoms with Crippen LogP contribution in [0.15, 0.2) is 24.3 Å². The molecule has 1 saturated carbocycles. The first kappa shape index (κ1) is 14.6. The van der Waals surface area contributed by atoms with E-state index in [-0.39, 0.29) is 11.9 Å². The molecule has 0 spiro atoms. The van der Waals surface area contributed by atoms with Gasteiger partial charge in [0.1, 0.15) is 0 Å². The maximum Gasteiger partial charge on any atom is 0.241 e. The van der Waals surface area contributed by atoms with Crippen LogP contribution in [0.1, 0.15) is 51.0 Å². The number of carbonyl (C=O) groups excluding carboxylic acids is 1. The van der Waals surface area contributed by atoms with Crippen LogP contribution in [0.5, 0.6) is 0 Å². The van der Waals surface area contributed by atoms with E-state index >= 15 is 0 Å². The highest BCUT2D eigenvalue weighted by molar-refractivity contribution is 5.96. The molecule has 0 aromatic heterocycles. The normalized spacial score (nSPS) is 24.2. The summed E-state index contributed by atoms with van der Waals surface area (Å²) in [6.07, 6.45) is 8.38. The molecular formula is C18H26N2O. The highest BCUT2D eigenvalue weighted by Crippen LogP contribution is 2.40. The number of hydrogen-bond acceptors (Lipinski definition) is 2. The van der Waals surface area contributed by atoms with Crippen LogP contribution >= 0.6 is 0 Å². The van der Waals surface area contributed by atoms with Gasteiger partial charge in [-0.15, -0.1) is 0 Å². The maximum absolute atomic E-state index is 12.4. The molecule has 1 aromatic rings. The predicted molar refractivity (Wildman–Crippen MR) is 86.4 cm³/mol. The van der Waals surface area contributed by atoms with E-state index in [4.69, 9.17) is 0 Å². The molecule has 0 saturated heterocycles. The fraction of sp³-hybridized carbons (Fsp3) is 0.611. The topological polar surface area (TPSA) is 41.1 Å². The fourth-order valence-corrected chi connectivity index (χ4v) is 3.83. The number of aryl methyl sites for hydroxylation is 1. The first-order valence-electron chi connectivity index (χ1n) is 8.35. The van der Waals surface area contributed by atoms with Gasteiger partial charge in [-0.25, -0.2) is 0 Å². The predicted octanol–water partition coefficient (Wildman–Crippen LogP) is 3.50. The molecule has 1 amide bonds. The third-order valence-corrected chi connectivity index (χ3v) is 5.43. The Labute approximate surface area is 127 Å². The number of para-hydroxylation sites is 1. The SMILES string of the molecule is CCC1(CNC2CCc3ccccc3NC2=O)CCCC1. The van der Waals surface area contributed by atoms with Crippen molar-refractivity contribution in [2.45, 2.75) is 57.9 Å². The second-order valence-corrected chi connectivity index (χ2v) is 6.68. The molecule has 0 radical (unpaired) electrons. The number of carbonyl (C=O) groups is 1. The van der Waals surface area contributed by atoms with Gasteiger partial charge in [0.05, 0.1) is 6.04 Å².